The Morgan fingerprint density at radius 3 is 2.81 bits per heavy atom. The van der Waals surface area contributed by atoms with E-state index in [9.17, 15) is 4.79 Å². The molecule has 1 saturated heterocycles. The Balaban J connectivity index is 2.12. The van der Waals surface area contributed by atoms with Crippen LogP contribution in [-0.2, 0) is 4.79 Å². The van der Waals surface area contributed by atoms with E-state index in [4.69, 9.17) is 5.73 Å². The number of likely N-dealkylation sites (N-methyl/N-ethyl adjacent to an activating group) is 1. The first-order chi connectivity index (χ1) is 7.58. The van der Waals surface area contributed by atoms with Crippen LogP contribution in [0.2, 0.25) is 0 Å². The molecule has 0 aromatic heterocycles. The van der Waals surface area contributed by atoms with Gasteiger partial charge in [-0.3, -0.25) is 4.79 Å². The van der Waals surface area contributed by atoms with Crippen LogP contribution in [-0.4, -0.2) is 30.4 Å². The molecule has 0 spiro atoms. The van der Waals surface area contributed by atoms with Crippen LogP contribution in [0.3, 0.4) is 0 Å². The van der Waals surface area contributed by atoms with Gasteiger partial charge in [-0.1, -0.05) is 6.07 Å². The summed E-state index contributed by atoms with van der Waals surface area (Å²) in [4.78, 5) is 13.4. The smallest absolute Gasteiger partial charge is 0.244 e. The maximum atomic E-state index is 11.7. The third kappa shape index (κ3) is 1.96. The Bertz CT molecular complexity index is 417. The van der Waals surface area contributed by atoms with Crippen molar-refractivity contribution in [1.82, 2.24) is 4.90 Å². The van der Waals surface area contributed by atoms with Gasteiger partial charge in [0.2, 0.25) is 5.91 Å². The Kier molecular flexibility index (Phi) is 2.73. The molecule has 1 aromatic rings. The van der Waals surface area contributed by atoms with Crippen LogP contribution in [0.25, 0.3) is 0 Å². The Hall–Kier alpha value is -1.71. The third-order valence-corrected chi connectivity index (χ3v) is 2.96. The number of nitrogen functional groups attached to an aromatic ring is 1. The molecule has 1 heterocycles. The number of rotatable bonds is 2. The van der Waals surface area contributed by atoms with Crippen LogP contribution in [0, 0.1) is 6.92 Å². The van der Waals surface area contributed by atoms with E-state index < -0.39 is 0 Å². The summed E-state index contributed by atoms with van der Waals surface area (Å²) in [6.07, 6.45) is 0.836. The fraction of sp³-hybridized carbons (Fsp3) is 0.417. The largest absolute Gasteiger partial charge is 0.397 e. The molecule has 1 atom stereocenters. The first-order valence-electron chi connectivity index (χ1n) is 5.45. The molecule has 1 aliphatic heterocycles. The predicted molar refractivity (Wildman–Crippen MR) is 65.3 cm³/mol. The van der Waals surface area contributed by atoms with Crippen LogP contribution in [0.5, 0.6) is 0 Å². The standard InChI is InChI=1S/C12H17N3O/c1-8-3-4-10(9(13)7-8)14-11-5-6-15(2)12(11)16/h3-4,7,11,14H,5-6,13H2,1-2H3. The lowest BCUT2D eigenvalue weighted by Gasteiger charge is -2.15. The molecule has 86 valence electrons. The van der Waals surface area contributed by atoms with Gasteiger partial charge < -0.3 is 16.0 Å². The molecule has 1 fully saturated rings. The summed E-state index contributed by atoms with van der Waals surface area (Å²) >= 11 is 0. The average molecular weight is 219 g/mol. The molecule has 1 aliphatic rings. The van der Waals surface area contributed by atoms with Gasteiger partial charge in [-0.2, -0.15) is 0 Å². The van der Waals surface area contributed by atoms with Crippen LogP contribution >= 0.6 is 0 Å². The van der Waals surface area contributed by atoms with Gasteiger partial charge in [0, 0.05) is 13.6 Å². The van der Waals surface area contributed by atoms with Gasteiger partial charge in [0.1, 0.15) is 6.04 Å². The number of anilines is 2. The molecule has 2 rings (SSSR count). The highest BCUT2D eigenvalue weighted by Gasteiger charge is 2.28. The van der Waals surface area contributed by atoms with E-state index in [0.29, 0.717) is 5.69 Å². The summed E-state index contributed by atoms with van der Waals surface area (Å²) in [7, 11) is 1.82. The van der Waals surface area contributed by atoms with Crippen LogP contribution in [0.1, 0.15) is 12.0 Å². The minimum atomic E-state index is -0.130. The lowest BCUT2D eigenvalue weighted by atomic mass is 10.1. The Morgan fingerprint density at radius 2 is 2.25 bits per heavy atom. The molecule has 3 N–H and O–H groups in total. The van der Waals surface area contributed by atoms with Gasteiger partial charge in [-0.25, -0.2) is 0 Å². The van der Waals surface area contributed by atoms with Crippen molar-refractivity contribution in [3.8, 4) is 0 Å². The summed E-state index contributed by atoms with van der Waals surface area (Å²) in [5.41, 5.74) is 8.56. The van der Waals surface area contributed by atoms with Crippen molar-refractivity contribution >= 4 is 17.3 Å². The number of nitrogens with zero attached hydrogens (tertiary/aromatic N) is 1. The topological polar surface area (TPSA) is 58.4 Å². The molecular weight excluding hydrogens is 202 g/mol. The van der Waals surface area contributed by atoms with Gasteiger partial charge >= 0.3 is 0 Å². The predicted octanol–water partition coefficient (Wildman–Crippen LogP) is 1.22. The fourth-order valence-electron chi connectivity index (χ4n) is 1.96. The number of carbonyl (C=O) groups excluding carboxylic acids is 1. The van der Waals surface area contributed by atoms with Crippen molar-refractivity contribution in [3.05, 3.63) is 23.8 Å². The summed E-state index contributed by atoms with van der Waals surface area (Å²) < 4.78 is 0. The number of aryl methyl sites for hydroxylation is 1. The lowest BCUT2D eigenvalue weighted by molar-refractivity contribution is -0.127. The number of nitrogens with two attached hydrogens (primary N) is 1. The number of nitrogens with one attached hydrogen (secondary N) is 1. The molecule has 0 saturated carbocycles. The summed E-state index contributed by atoms with van der Waals surface area (Å²) in [6.45, 7) is 2.80. The SMILES string of the molecule is Cc1ccc(NC2CCN(C)C2=O)c(N)c1. The van der Waals surface area contributed by atoms with E-state index in [1.165, 1.54) is 0 Å². The maximum absolute atomic E-state index is 11.7. The van der Waals surface area contributed by atoms with Gasteiger partial charge in [-0.15, -0.1) is 0 Å². The molecule has 0 radical (unpaired) electrons. The molecule has 4 heteroatoms. The highest BCUT2D eigenvalue weighted by atomic mass is 16.2. The van der Waals surface area contributed by atoms with E-state index in [1.807, 2.05) is 32.2 Å². The number of hydrogen-bond donors (Lipinski definition) is 2. The van der Waals surface area contributed by atoms with E-state index in [0.717, 1.165) is 24.2 Å². The summed E-state index contributed by atoms with van der Waals surface area (Å²) in [6, 6.07) is 5.69. The van der Waals surface area contributed by atoms with Crippen molar-refractivity contribution in [2.75, 3.05) is 24.6 Å². The third-order valence-electron chi connectivity index (χ3n) is 2.96. The highest BCUT2D eigenvalue weighted by molar-refractivity contribution is 5.87. The quantitative estimate of drug-likeness (QED) is 0.735. The van der Waals surface area contributed by atoms with E-state index in [2.05, 4.69) is 5.32 Å². The van der Waals surface area contributed by atoms with Crippen molar-refractivity contribution in [1.29, 1.82) is 0 Å². The van der Waals surface area contributed by atoms with E-state index >= 15 is 0 Å². The van der Waals surface area contributed by atoms with Crippen molar-refractivity contribution in [2.45, 2.75) is 19.4 Å². The molecule has 0 aliphatic carbocycles. The first kappa shape index (κ1) is 10.8. The molecule has 0 bridgehead atoms. The lowest BCUT2D eigenvalue weighted by Crippen LogP contribution is -2.31. The second-order valence-corrected chi connectivity index (χ2v) is 4.34. The molecule has 1 unspecified atom stereocenters. The molecule has 16 heavy (non-hydrogen) atoms. The van der Waals surface area contributed by atoms with Crippen LogP contribution in [0.4, 0.5) is 11.4 Å². The van der Waals surface area contributed by atoms with Gasteiger partial charge in [-0.05, 0) is 31.0 Å². The molecular formula is C12H17N3O. The first-order valence-corrected chi connectivity index (χ1v) is 5.45. The number of benzene rings is 1. The maximum Gasteiger partial charge on any atom is 0.244 e. The van der Waals surface area contributed by atoms with E-state index in [1.54, 1.807) is 4.90 Å². The zero-order chi connectivity index (χ0) is 11.7. The minimum Gasteiger partial charge on any atom is -0.397 e. The zero-order valence-electron chi connectivity index (χ0n) is 9.66. The second kappa shape index (κ2) is 4.04. The number of hydrogen-bond acceptors (Lipinski definition) is 3. The molecule has 1 amide bonds. The Morgan fingerprint density at radius 1 is 1.50 bits per heavy atom. The number of amides is 1. The second-order valence-electron chi connectivity index (χ2n) is 4.34. The molecule has 4 nitrogen and oxygen atoms in total. The van der Waals surface area contributed by atoms with Gasteiger partial charge in [0.15, 0.2) is 0 Å². The monoisotopic (exact) mass is 219 g/mol. The van der Waals surface area contributed by atoms with Crippen molar-refractivity contribution in [3.63, 3.8) is 0 Å². The number of likely N-dealkylation sites (tertiary alicyclic amines) is 1. The fourth-order valence-corrected chi connectivity index (χ4v) is 1.96. The normalized spacial score (nSPS) is 20.2. The highest BCUT2D eigenvalue weighted by Crippen LogP contribution is 2.22. The average Bonchev–Trinajstić information content (AvgIpc) is 2.54. The van der Waals surface area contributed by atoms with E-state index in [-0.39, 0.29) is 11.9 Å². The van der Waals surface area contributed by atoms with Crippen LogP contribution in [0.15, 0.2) is 18.2 Å². The number of carbonyl (C=O) groups is 1. The summed E-state index contributed by atoms with van der Waals surface area (Å²) in [5, 5.41) is 3.20. The van der Waals surface area contributed by atoms with Crippen molar-refractivity contribution < 1.29 is 4.79 Å². The summed E-state index contributed by atoms with van der Waals surface area (Å²) in [5.74, 6) is 0.139. The van der Waals surface area contributed by atoms with Crippen molar-refractivity contribution in [2.24, 2.45) is 0 Å². The molecule has 1 aromatic carbocycles. The zero-order valence-corrected chi connectivity index (χ0v) is 9.66. The van der Waals surface area contributed by atoms with Crippen LogP contribution < -0.4 is 11.1 Å². The Labute approximate surface area is 95.4 Å². The van der Waals surface area contributed by atoms with Gasteiger partial charge in [0.05, 0.1) is 11.4 Å². The minimum absolute atomic E-state index is 0.130. The van der Waals surface area contributed by atoms with Gasteiger partial charge in [0.25, 0.3) is 0 Å².